The van der Waals surface area contributed by atoms with Crippen LogP contribution in [0.1, 0.15) is 11.5 Å². The normalized spacial score (nSPS) is 15.1. The number of anilines is 1. The number of hydrogen-bond donors (Lipinski definition) is 0. The van der Waals surface area contributed by atoms with Gasteiger partial charge in [0.15, 0.2) is 15.1 Å². The van der Waals surface area contributed by atoms with E-state index in [1.165, 1.54) is 9.58 Å². The first-order valence-electron chi connectivity index (χ1n) is 11.0. The van der Waals surface area contributed by atoms with E-state index in [1.807, 2.05) is 60.7 Å². The lowest BCUT2D eigenvalue weighted by Crippen LogP contribution is -2.33. The van der Waals surface area contributed by atoms with Crippen molar-refractivity contribution < 1.29 is 9.21 Å². The molecule has 1 aliphatic rings. The number of hydrogen-bond acceptors (Lipinski definition) is 7. The van der Waals surface area contributed by atoms with Gasteiger partial charge in [-0.3, -0.25) is 19.2 Å². The Morgan fingerprint density at radius 3 is 2.53 bits per heavy atom. The van der Waals surface area contributed by atoms with E-state index in [4.69, 9.17) is 16.6 Å². The fraction of sp³-hybridized carbons (Fsp3) is 0.0769. The number of aromatic nitrogens is 3. The van der Waals surface area contributed by atoms with Gasteiger partial charge in [-0.15, -0.1) is 11.3 Å². The Kier molecular flexibility index (Phi) is 5.51. The van der Waals surface area contributed by atoms with Crippen molar-refractivity contribution in [1.29, 1.82) is 0 Å². The highest BCUT2D eigenvalue weighted by atomic mass is 32.2. The Bertz CT molecular complexity index is 1720. The van der Waals surface area contributed by atoms with Gasteiger partial charge in [0, 0.05) is 13.1 Å². The van der Waals surface area contributed by atoms with E-state index < -0.39 is 0 Å². The van der Waals surface area contributed by atoms with Gasteiger partial charge in [-0.2, -0.15) is 0 Å². The fourth-order valence-electron chi connectivity index (χ4n) is 4.12. The van der Waals surface area contributed by atoms with Crippen LogP contribution in [0.15, 0.2) is 80.8 Å². The molecule has 10 heteroatoms. The SMILES string of the molecule is Cc1c(N2C(=O)C(=Cc3ccc(-c4nc5ccccc5s4)o3)SC2=S)c(=O)n(-c2ccccc2)n1C. The van der Waals surface area contributed by atoms with Crippen molar-refractivity contribution in [2.75, 3.05) is 4.90 Å². The fourth-order valence-corrected chi connectivity index (χ4v) is 6.30. The number of amides is 1. The van der Waals surface area contributed by atoms with Crippen LogP contribution in [-0.4, -0.2) is 24.6 Å². The number of rotatable bonds is 4. The smallest absolute Gasteiger partial charge is 0.296 e. The molecular formula is C26H18N4O3S3. The van der Waals surface area contributed by atoms with Gasteiger partial charge in [-0.25, -0.2) is 9.67 Å². The Hall–Kier alpha value is -3.73. The molecule has 1 amide bonds. The van der Waals surface area contributed by atoms with Crippen LogP contribution in [-0.2, 0) is 11.8 Å². The molecule has 4 heterocycles. The maximum atomic E-state index is 13.4. The summed E-state index contributed by atoms with van der Waals surface area (Å²) in [5.41, 5.74) is 2.20. The highest BCUT2D eigenvalue weighted by Gasteiger charge is 2.38. The molecule has 0 saturated carbocycles. The van der Waals surface area contributed by atoms with E-state index in [2.05, 4.69) is 4.98 Å². The van der Waals surface area contributed by atoms with Crippen molar-refractivity contribution in [3.8, 4) is 16.5 Å². The summed E-state index contributed by atoms with van der Waals surface area (Å²) in [4.78, 5) is 33.2. The highest BCUT2D eigenvalue weighted by molar-refractivity contribution is 8.27. The number of para-hydroxylation sites is 2. The molecule has 1 fully saturated rings. The first kappa shape index (κ1) is 22.7. The van der Waals surface area contributed by atoms with Gasteiger partial charge in [0.2, 0.25) is 0 Å². The zero-order valence-corrected chi connectivity index (χ0v) is 21.6. The summed E-state index contributed by atoms with van der Waals surface area (Å²) in [7, 11) is 1.78. The predicted molar refractivity (Wildman–Crippen MR) is 149 cm³/mol. The number of benzene rings is 2. The van der Waals surface area contributed by atoms with Crippen molar-refractivity contribution in [2.24, 2.45) is 7.05 Å². The molecule has 5 aromatic rings. The maximum Gasteiger partial charge on any atom is 0.296 e. The number of thiazole rings is 1. The number of thiocarbonyl (C=S) groups is 1. The molecule has 0 bridgehead atoms. The molecule has 0 radical (unpaired) electrons. The summed E-state index contributed by atoms with van der Waals surface area (Å²) in [6, 6.07) is 20.8. The van der Waals surface area contributed by atoms with Crippen LogP contribution in [0.5, 0.6) is 0 Å². The molecule has 3 aromatic heterocycles. The van der Waals surface area contributed by atoms with Crippen LogP contribution in [0.25, 0.3) is 32.7 Å². The van der Waals surface area contributed by atoms with Crippen molar-refractivity contribution >= 4 is 67.5 Å². The largest absolute Gasteiger partial charge is 0.454 e. The van der Waals surface area contributed by atoms with Gasteiger partial charge in [-0.1, -0.05) is 54.3 Å². The predicted octanol–water partition coefficient (Wildman–Crippen LogP) is 5.76. The second kappa shape index (κ2) is 8.74. The number of fused-ring (bicyclic) bond motifs is 1. The summed E-state index contributed by atoms with van der Waals surface area (Å²) in [6.07, 6.45) is 1.66. The third kappa shape index (κ3) is 3.65. The Morgan fingerprint density at radius 2 is 1.75 bits per heavy atom. The van der Waals surface area contributed by atoms with E-state index in [0.29, 0.717) is 32.1 Å². The average Bonchev–Trinajstić information content (AvgIpc) is 3.62. The van der Waals surface area contributed by atoms with Crippen LogP contribution >= 0.6 is 35.3 Å². The monoisotopic (exact) mass is 530 g/mol. The van der Waals surface area contributed by atoms with E-state index in [1.54, 1.807) is 42.1 Å². The topological polar surface area (TPSA) is 73.3 Å². The van der Waals surface area contributed by atoms with Crippen molar-refractivity contribution in [3.05, 3.63) is 93.4 Å². The molecule has 0 N–H and O–H groups in total. The van der Waals surface area contributed by atoms with E-state index >= 15 is 0 Å². The quantitative estimate of drug-likeness (QED) is 0.217. The van der Waals surface area contributed by atoms with Gasteiger partial charge in [-0.05, 0) is 43.3 Å². The van der Waals surface area contributed by atoms with Crippen molar-refractivity contribution in [2.45, 2.75) is 6.92 Å². The zero-order valence-electron chi connectivity index (χ0n) is 19.2. The highest BCUT2D eigenvalue weighted by Crippen LogP contribution is 2.37. The van der Waals surface area contributed by atoms with Gasteiger partial charge in [0.05, 0.1) is 26.5 Å². The lowest BCUT2D eigenvalue weighted by molar-refractivity contribution is -0.113. The number of furan rings is 1. The Balaban J connectivity index is 1.33. The molecule has 0 unspecified atom stereocenters. The van der Waals surface area contributed by atoms with E-state index in [-0.39, 0.29) is 17.2 Å². The number of carbonyl (C=O) groups excluding carboxylic acids is 1. The Labute approximate surface area is 219 Å². The molecular weight excluding hydrogens is 513 g/mol. The maximum absolute atomic E-state index is 13.4. The van der Waals surface area contributed by atoms with Gasteiger partial charge in [0.25, 0.3) is 11.5 Å². The minimum Gasteiger partial charge on any atom is -0.454 e. The standard InChI is InChI=1S/C26H18N4O3S3/c1-15-22(25(32)30(28(15)2)16-8-4-3-5-9-16)29-24(31)21(36-26(29)34)14-17-12-13-19(33-17)23-27-18-10-6-7-11-20(18)35-23/h3-14H,1-2H3. The Morgan fingerprint density at radius 1 is 1.00 bits per heavy atom. The molecule has 0 aliphatic carbocycles. The summed E-state index contributed by atoms with van der Waals surface area (Å²) < 4.78 is 10.6. The molecule has 7 nitrogen and oxygen atoms in total. The molecule has 2 aromatic carbocycles. The molecule has 1 saturated heterocycles. The van der Waals surface area contributed by atoms with Crippen molar-refractivity contribution in [1.82, 2.24) is 14.3 Å². The number of thioether (sulfide) groups is 1. The third-order valence-electron chi connectivity index (χ3n) is 5.95. The van der Waals surface area contributed by atoms with Crippen molar-refractivity contribution in [3.63, 3.8) is 0 Å². The van der Waals surface area contributed by atoms with E-state index in [9.17, 15) is 9.59 Å². The molecule has 1 aliphatic heterocycles. The lowest BCUT2D eigenvalue weighted by atomic mass is 10.3. The summed E-state index contributed by atoms with van der Waals surface area (Å²) in [6.45, 7) is 1.80. The van der Waals surface area contributed by atoms with Crippen LogP contribution in [0.4, 0.5) is 5.69 Å². The molecule has 0 atom stereocenters. The molecule has 36 heavy (non-hydrogen) atoms. The molecule has 178 valence electrons. The summed E-state index contributed by atoms with van der Waals surface area (Å²) in [5.74, 6) is 0.785. The number of nitrogens with zero attached hydrogens (tertiary/aromatic N) is 4. The number of carbonyl (C=O) groups is 1. The minimum absolute atomic E-state index is 0.252. The first-order valence-corrected chi connectivity index (χ1v) is 13.0. The van der Waals surface area contributed by atoms with Crippen LogP contribution in [0.3, 0.4) is 0 Å². The second-order valence-electron chi connectivity index (χ2n) is 8.12. The molecule has 6 rings (SSSR count). The minimum atomic E-state index is -0.353. The summed E-state index contributed by atoms with van der Waals surface area (Å²) >= 11 is 8.22. The van der Waals surface area contributed by atoms with Crippen LogP contribution in [0, 0.1) is 6.92 Å². The zero-order chi connectivity index (χ0) is 25.0. The third-order valence-corrected chi connectivity index (χ3v) is 8.30. The van der Waals surface area contributed by atoms with Crippen LogP contribution < -0.4 is 10.5 Å². The average molecular weight is 531 g/mol. The van der Waals surface area contributed by atoms with Gasteiger partial charge >= 0.3 is 0 Å². The van der Waals surface area contributed by atoms with Gasteiger partial charge < -0.3 is 4.42 Å². The summed E-state index contributed by atoms with van der Waals surface area (Å²) in [5, 5.41) is 0.768. The van der Waals surface area contributed by atoms with E-state index in [0.717, 1.165) is 27.0 Å². The van der Waals surface area contributed by atoms with Crippen LogP contribution in [0.2, 0.25) is 0 Å². The second-order valence-corrected chi connectivity index (χ2v) is 10.8. The molecule has 0 spiro atoms. The van der Waals surface area contributed by atoms with Gasteiger partial charge in [0.1, 0.15) is 11.4 Å². The lowest BCUT2D eigenvalue weighted by Gasteiger charge is -2.12. The first-order chi connectivity index (χ1) is 17.4.